The Morgan fingerprint density at radius 1 is 1.19 bits per heavy atom. The van der Waals surface area contributed by atoms with Gasteiger partial charge in [-0.2, -0.15) is 0 Å². The number of carbonyl (C=O) groups is 1. The molecule has 0 amide bonds. The van der Waals surface area contributed by atoms with Gasteiger partial charge < -0.3 is 5.73 Å². The second kappa shape index (κ2) is 11.8. The summed E-state index contributed by atoms with van der Waals surface area (Å²) in [5, 5.41) is 0. The molecule has 0 aromatic rings. The Kier molecular flexibility index (Phi) is 12.0. The summed E-state index contributed by atoms with van der Waals surface area (Å²) in [6, 6.07) is 0. The van der Waals surface area contributed by atoms with Crippen molar-refractivity contribution < 1.29 is 4.79 Å². The molecule has 0 heterocycles. The van der Waals surface area contributed by atoms with Gasteiger partial charge in [-0.25, -0.2) is 0 Å². The van der Waals surface area contributed by atoms with Gasteiger partial charge in [-0.3, -0.25) is 14.8 Å². The Morgan fingerprint density at radius 2 is 1.67 bits per heavy atom. The molecule has 0 unspecified atom stereocenters. The van der Waals surface area contributed by atoms with Gasteiger partial charge in [0, 0.05) is 19.7 Å². The lowest BCUT2D eigenvalue weighted by atomic mass is 10.0. The predicted octanol–water partition coefficient (Wildman–Crippen LogP) is 3.85. The molecular weight excluding hydrogens is 262 g/mol. The zero-order valence-corrected chi connectivity index (χ0v) is 14.3. The fraction of sp³-hybridized carbons (Fsp3) is 0.471. The molecular formula is C17H29N3O. The number of hydrogen-bond acceptors (Lipinski definition) is 3. The van der Waals surface area contributed by atoms with Gasteiger partial charge in [0.2, 0.25) is 0 Å². The molecule has 0 aromatic heterocycles. The number of carbonyl (C=O) groups excluding carboxylic acids is 1. The highest BCUT2D eigenvalue weighted by Crippen LogP contribution is 2.12. The maximum absolute atomic E-state index is 11.3. The molecule has 4 nitrogen and oxygen atoms in total. The third-order valence-electron chi connectivity index (χ3n) is 2.44. The van der Waals surface area contributed by atoms with Crippen LogP contribution in [0.1, 0.15) is 47.5 Å². The largest absolute Gasteiger partial charge is 0.388 e. The van der Waals surface area contributed by atoms with E-state index < -0.39 is 0 Å². The topological polar surface area (TPSA) is 67.8 Å². The number of nitrogens with two attached hydrogens (primary N) is 1. The number of allylic oxidation sites excluding steroid dienone is 4. The number of Topliss-reactive ketones (excluding diaryl/α,β-unsaturated/α-hetero) is 1. The van der Waals surface area contributed by atoms with E-state index in [0.717, 1.165) is 24.0 Å². The van der Waals surface area contributed by atoms with Gasteiger partial charge in [0.25, 0.3) is 0 Å². The average Bonchev–Trinajstić information content (AvgIpc) is 2.37. The number of nitrogens with zero attached hydrogens (tertiary/aromatic N) is 2. The maximum Gasteiger partial charge on any atom is 0.178 e. The molecule has 2 N–H and O–H groups in total. The highest BCUT2D eigenvalue weighted by molar-refractivity contribution is 6.43. The standard InChI is InChI=1S/C14H21NO.C3H8N2/c1-7-11(4)8-12(5)9-14(13(6)16)15-10(2)3;1-3(4)5-2/h9H,2,4,7-8H2,1,3,5-6H3;1-2H3,(H2,4,5)/b12-9+,15-14?;. The van der Waals surface area contributed by atoms with Crippen LogP contribution in [0.3, 0.4) is 0 Å². The van der Waals surface area contributed by atoms with Crippen LogP contribution in [0.4, 0.5) is 0 Å². The molecule has 0 radical (unpaired) electrons. The Bertz CT molecular complexity index is 464. The third-order valence-corrected chi connectivity index (χ3v) is 2.44. The lowest BCUT2D eigenvalue weighted by Crippen LogP contribution is -2.07. The molecule has 0 fully saturated rings. The third kappa shape index (κ3) is 14.3. The highest BCUT2D eigenvalue weighted by atomic mass is 16.1. The Labute approximate surface area is 129 Å². The van der Waals surface area contributed by atoms with Crippen LogP contribution in [0, 0.1) is 0 Å². The van der Waals surface area contributed by atoms with Crippen molar-refractivity contribution in [2.75, 3.05) is 7.05 Å². The lowest BCUT2D eigenvalue weighted by molar-refractivity contribution is -0.111. The molecule has 0 saturated heterocycles. The molecule has 0 saturated carbocycles. The summed E-state index contributed by atoms with van der Waals surface area (Å²) in [7, 11) is 1.66. The summed E-state index contributed by atoms with van der Waals surface area (Å²) in [6.45, 7) is 16.7. The van der Waals surface area contributed by atoms with Crippen molar-refractivity contribution in [3.8, 4) is 0 Å². The van der Waals surface area contributed by atoms with E-state index in [1.165, 1.54) is 6.92 Å². The number of rotatable bonds is 6. The normalized spacial score (nSPS) is 12.4. The monoisotopic (exact) mass is 291 g/mol. The second-order valence-electron chi connectivity index (χ2n) is 4.92. The summed E-state index contributed by atoms with van der Waals surface area (Å²) < 4.78 is 0. The molecule has 0 spiro atoms. The molecule has 0 bridgehead atoms. The van der Waals surface area contributed by atoms with Crippen molar-refractivity contribution >= 4 is 17.3 Å². The van der Waals surface area contributed by atoms with Gasteiger partial charge in [0.05, 0.1) is 5.84 Å². The van der Waals surface area contributed by atoms with Crippen molar-refractivity contribution in [3.63, 3.8) is 0 Å². The van der Waals surface area contributed by atoms with Crippen LogP contribution in [-0.2, 0) is 4.79 Å². The van der Waals surface area contributed by atoms with E-state index in [9.17, 15) is 4.79 Å². The fourth-order valence-corrected chi connectivity index (χ4v) is 1.22. The Balaban J connectivity index is 0. The van der Waals surface area contributed by atoms with Crippen LogP contribution in [-0.4, -0.2) is 24.4 Å². The Hall–Kier alpha value is -1.97. The van der Waals surface area contributed by atoms with Crippen LogP contribution in [0.25, 0.3) is 0 Å². The number of hydrogen-bond donors (Lipinski definition) is 1. The smallest absolute Gasteiger partial charge is 0.178 e. The van der Waals surface area contributed by atoms with E-state index in [2.05, 4.69) is 30.1 Å². The fourth-order valence-electron chi connectivity index (χ4n) is 1.22. The molecule has 0 aliphatic carbocycles. The van der Waals surface area contributed by atoms with Gasteiger partial charge in [0.15, 0.2) is 5.78 Å². The summed E-state index contributed by atoms with van der Waals surface area (Å²) in [5.41, 5.74) is 8.41. The minimum Gasteiger partial charge on any atom is -0.388 e. The average molecular weight is 291 g/mol. The van der Waals surface area contributed by atoms with Gasteiger partial charge >= 0.3 is 0 Å². The first-order chi connectivity index (χ1) is 9.63. The molecule has 118 valence electrons. The second-order valence-corrected chi connectivity index (χ2v) is 4.92. The van der Waals surface area contributed by atoms with Crippen LogP contribution in [0.5, 0.6) is 0 Å². The van der Waals surface area contributed by atoms with Crippen LogP contribution in [0.15, 0.2) is 46.1 Å². The Morgan fingerprint density at radius 3 is 1.95 bits per heavy atom. The first-order valence-corrected chi connectivity index (χ1v) is 6.91. The minimum absolute atomic E-state index is 0.0375. The van der Waals surface area contributed by atoms with Crippen LogP contribution in [0.2, 0.25) is 0 Å². The quantitative estimate of drug-likeness (QED) is 0.459. The van der Waals surface area contributed by atoms with Gasteiger partial charge in [-0.15, -0.1) is 0 Å². The van der Waals surface area contributed by atoms with E-state index in [-0.39, 0.29) is 5.78 Å². The van der Waals surface area contributed by atoms with E-state index >= 15 is 0 Å². The van der Waals surface area contributed by atoms with Crippen molar-refractivity contribution in [2.45, 2.75) is 47.5 Å². The molecule has 4 heteroatoms. The number of amidine groups is 1. The van der Waals surface area contributed by atoms with Crippen molar-refractivity contribution in [1.82, 2.24) is 0 Å². The maximum atomic E-state index is 11.3. The van der Waals surface area contributed by atoms with E-state index in [1.807, 2.05) is 13.0 Å². The zero-order valence-electron chi connectivity index (χ0n) is 14.3. The number of ketones is 1. The lowest BCUT2D eigenvalue weighted by Gasteiger charge is -2.03. The van der Waals surface area contributed by atoms with E-state index in [4.69, 9.17) is 5.73 Å². The molecule has 0 aliphatic rings. The molecule has 21 heavy (non-hydrogen) atoms. The van der Waals surface area contributed by atoms with Crippen LogP contribution < -0.4 is 5.73 Å². The zero-order chi connectivity index (χ0) is 17.0. The predicted molar refractivity (Wildman–Crippen MR) is 94.0 cm³/mol. The van der Waals surface area contributed by atoms with Gasteiger partial charge in [-0.1, -0.05) is 31.2 Å². The first-order valence-electron chi connectivity index (χ1n) is 6.91. The van der Waals surface area contributed by atoms with E-state index in [1.54, 1.807) is 20.9 Å². The van der Waals surface area contributed by atoms with Crippen molar-refractivity contribution in [3.05, 3.63) is 36.1 Å². The summed E-state index contributed by atoms with van der Waals surface area (Å²) >= 11 is 0. The van der Waals surface area contributed by atoms with Crippen molar-refractivity contribution in [2.24, 2.45) is 15.7 Å². The highest BCUT2D eigenvalue weighted by Gasteiger charge is 2.03. The van der Waals surface area contributed by atoms with E-state index in [0.29, 0.717) is 17.2 Å². The molecule has 0 aromatic carbocycles. The number of aliphatic imine (C=N–C) groups is 2. The summed E-state index contributed by atoms with van der Waals surface area (Å²) in [6.07, 6.45) is 3.59. The molecule has 0 atom stereocenters. The first kappa shape index (κ1) is 21.3. The van der Waals surface area contributed by atoms with Gasteiger partial charge in [0.1, 0.15) is 5.71 Å². The summed E-state index contributed by atoms with van der Waals surface area (Å²) in [5.74, 6) is 0.592. The minimum atomic E-state index is -0.0375. The molecule has 0 rings (SSSR count). The molecule has 0 aliphatic heterocycles. The van der Waals surface area contributed by atoms with Gasteiger partial charge in [-0.05, 0) is 39.7 Å². The SMILES string of the molecule is C=C(CC)C/C(C)=C/C(=NC(=C)C)C(C)=O.CN=C(C)N. The summed E-state index contributed by atoms with van der Waals surface area (Å²) in [4.78, 5) is 19.0. The van der Waals surface area contributed by atoms with Crippen molar-refractivity contribution in [1.29, 1.82) is 0 Å². The van der Waals surface area contributed by atoms with Crippen LogP contribution >= 0.6 is 0 Å².